The van der Waals surface area contributed by atoms with Gasteiger partial charge in [-0.25, -0.2) is 4.39 Å². The maximum atomic E-state index is 12.6. The van der Waals surface area contributed by atoms with Crippen molar-refractivity contribution in [3.63, 3.8) is 0 Å². The minimum atomic E-state index is -2.16. The van der Waals surface area contributed by atoms with Gasteiger partial charge in [0.2, 0.25) is 0 Å². The quantitative estimate of drug-likeness (QED) is 0.695. The lowest BCUT2D eigenvalue weighted by atomic mass is 10.2. The highest BCUT2D eigenvalue weighted by Crippen LogP contribution is 2.16. The first kappa shape index (κ1) is 9.64. The van der Waals surface area contributed by atoms with Gasteiger partial charge in [-0.15, -0.1) is 0 Å². The molecule has 66 valence electrons. The number of hydrogen-bond acceptors (Lipinski definition) is 2. The molecule has 0 fully saturated rings. The molecule has 0 amide bonds. The minimum absolute atomic E-state index is 0.0575. The van der Waals surface area contributed by atoms with Crippen LogP contribution >= 0.6 is 11.6 Å². The summed E-state index contributed by atoms with van der Waals surface area (Å²) in [5, 5.41) is -0.0575. The lowest BCUT2D eigenvalue weighted by molar-refractivity contribution is 0.536. The first-order valence-electron chi connectivity index (χ1n) is 3.09. The van der Waals surface area contributed by atoms with E-state index < -0.39 is 16.9 Å². The third-order valence-electron chi connectivity index (χ3n) is 1.27. The van der Waals surface area contributed by atoms with E-state index in [1.54, 1.807) is 0 Å². The molecule has 0 N–H and O–H groups in total. The average molecular weight is 208 g/mol. The molecule has 0 aliphatic rings. The Morgan fingerprint density at radius 3 is 2.75 bits per heavy atom. The highest BCUT2D eigenvalue weighted by Gasteiger charge is 2.00. The summed E-state index contributed by atoms with van der Waals surface area (Å²) in [6, 6.07) is 3.83. The zero-order valence-corrected chi connectivity index (χ0v) is 7.49. The monoisotopic (exact) mass is 207 g/mol. The van der Waals surface area contributed by atoms with Crippen LogP contribution in [0.4, 0.5) is 4.39 Å². The fourth-order valence-electron chi connectivity index (χ4n) is 0.766. The predicted octanol–water partition coefficient (Wildman–Crippen LogP) is 1.86. The van der Waals surface area contributed by atoms with Crippen LogP contribution in [-0.2, 0) is 16.8 Å². The largest absolute Gasteiger partial charge is 0.772 e. The third kappa shape index (κ3) is 2.55. The topological polar surface area (TPSA) is 40.1 Å². The van der Waals surface area contributed by atoms with Crippen molar-refractivity contribution in [2.24, 2.45) is 0 Å². The Balaban J connectivity index is 2.89. The highest BCUT2D eigenvalue weighted by molar-refractivity contribution is 7.78. The van der Waals surface area contributed by atoms with Gasteiger partial charge in [0.25, 0.3) is 0 Å². The SMILES string of the molecule is O=S([O-])Cc1ccc(F)c(Cl)c1. The van der Waals surface area contributed by atoms with Gasteiger partial charge >= 0.3 is 0 Å². The fraction of sp³-hybridized carbons (Fsp3) is 0.143. The summed E-state index contributed by atoms with van der Waals surface area (Å²) in [6.45, 7) is 0. The van der Waals surface area contributed by atoms with Crippen molar-refractivity contribution in [2.45, 2.75) is 5.75 Å². The van der Waals surface area contributed by atoms with Crippen LogP contribution in [0.5, 0.6) is 0 Å². The van der Waals surface area contributed by atoms with Gasteiger partial charge in [0.1, 0.15) is 5.82 Å². The molecule has 0 saturated heterocycles. The van der Waals surface area contributed by atoms with Crippen molar-refractivity contribution in [2.75, 3.05) is 0 Å². The Morgan fingerprint density at radius 1 is 1.58 bits per heavy atom. The summed E-state index contributed by atoms with van der Waals surface area (Å²) in [5.74, 6) is -0.683. The van der Waals surface area contributed by atoms with Gasteiger partial charge in [0, 0.05) is 5.75 Å². The van der Waals surface area contributed by atoms with Crippen LogP contribution in [0, 0.1) is 5.82 Å². The molecule has 0 radical (unpaired) electrons. The van der Waals surface area contributed by atoms with Crippen molar-refractivity contribution < 1.29 is 13.2 Å². The molecule has 0 aromatic heterocycles. The van der Waals surface area contributed by atoms with E-state index in [1.165, 1.54) is 12.1 Å². The van der Waals surface area contributed by atoms with Crippen LogP contribution in [0.25, 0.3) is 0 Å². The van der Waals surface area contributed by atoms with Crippen molar-refractivity contribution >= 4 is 22.7 Å². The van der Waals surface area contributed by atoms with Gasteiger partial charge in [-0.05, 0) is 17.7 Å². The van der Waals surface area contributed by atoms with Gasteiger partial charge in [-0.1, -0.05) is 28.7 Å². The summed E-state index contributed by atoms with van der Waals surface area (Å²) in [6.07, 6.45) is 0. The van der Waals surface area contributed by atoms with Gasteiger partial charge in [-0.2, -0.15) is 0 Å². The molecule has 0 spiro atoms. The fourth-order valence-corrected chi connectivity index (χ4v) is 1.42. The van der Waals surface area contributed by atoms with Crippen LogP contribution in [0.2, 0.25) is 5.02 Å². The molecule has 1 aromatic carbocycles. The molecule has 1 aromatic rings. The van der Waals surface area contributed by atoms with E-state index in [2.05, 4.69) is 0 Å². The average Bonchev–Trinajstić information content (AvgIpc) is 1.96. The Morgan fingerprint density at radius 2 is 2.25 bits per heavy atom. The molecule has 0 aliphatic heterocycles. The van der Waals surface area contributed by atoms with Crippen LogP contribution < -0.4 is 0 Å². The van der Waals surface area contributed by atoms with Crippen molar-refractivity contribution in [1.29, 1.82) is 0 Å². The molecule has 0 heterocycles. The molecule has 5 heteroatoms. The number of halogens is 2. The van der Waals surface area contributed by atoms with E-state index in [9.17, 15) is 13.2 Å². The predicted molar refractivity (Wildman–Crippen MR) is 44.0 cm³/mol. The number of benzene rings is 1. The van der Waals surface area contributed by atoms with E-state index in [0.29, 0.717) is 5.56 Å². The second kappa shape index (κ2) is 3.98. The van der Waals surface area contributed by atoms with Crippen LogP contribution in [0.1, 0.15) is 5.56 Å². The molecule has 0 saturated carbocycles. The second-order valence-electron chi connectivity index (χ2n) is 2.20. The Labute approximate surface area is 76.6 Å². The molecule has 12 heavy (non-hydrogen) atoms. The highest BCUT2D eigenvalue weighted by atomic mass is 35.5. The molecular formula is C7H5ClFO2S-. The van der Waals surface area contributed by atoms with Gasteiger partial charge in [-0.3, -0.25) is 4.21 Å². The number of rotatable bonds is 2. The second-order valence-corrected chi connectivity index (χ2v) is 3.50. The molecule has 2 nitrogen and oxygen atoms in total. The van der Waals surface area contributed by atoms with Gasteiger partial charge < -0.3 is 4.55 Å². The van der Waals surface area contributed by atoms with Crippen LogP contribution in [-0.4, -0.2) is 8.76 Å². The zero-order chi connectivity index (χ0) is 9.14. The third-order valence-corrected chi connectivity index (χ3v) is 2.13. The van der Waals surface area contributed by atoms with E-state index in [1.807, 2.05) is 0 Å². The van der Waals surface area contributed by atoms with Crippen molar-refractivity contribution in [3.8, 4) is 0 Å². The van der Waals surface area contributed by atoms with E-state index in [4.69, 9.17) is 11.6 Å². The first-order valence-corrected chi connectivity index (χ1v) is 4.71. The maximum absolute atomic E-state index is 12.6. The number of hydrogen-bond donors (Lipinski definition) is 0. The Bertz CT molecular complexity index is 316. The standard InChI is InChI=1S/C7H6ClFO2S/c8-6-3-5(4-12(10)11)1-2-7(6)9/h1-3H,4H2,(H,10,11)/p-1. The van der Waals surface area contributed by atoms with Crippen molar-refractivity contribution in [1.82, 2.24) is 0 Å². The van der Waals surface area contributed by atoms with E-state index in [-0.39, 0.29) is 10.8 Å². The Hall–Kier alpha value is -0.450. The summed E-state index contributed by atoms with van der Waals surface area (Å²) in [7, 11) is 0. The molecule has 1 atom stereocenters. The van der Waals surface area contributed by atoms with Crippen molar-refractivity contribution in [3.05, 3.63) is 34.6 Å². The molecular weight excluding hydrogens is 203 g/mol. The summed E-state index contributed by atoms with van der Waals surface area (Å²) in [4.78, 5) is 0. The Kier molecular flexibility index (Phi) is 3.20. The summed E-state index contributed by atoms with van der Waals surface area (Å²) in [5.41, 5.74) is 0.481. The lowest BCUT2D eigenvalue weighted by Crippen LogP contribution is -1.93. The smallest absolute Gasteiger partial charge is 0.141 e. The molecule has 0 aliphatic carbocycles. The van der Waals surface area contributed by atoms with E-state index in [0.717, 1.165) is 6.07 Å². The minimum Gasteiger partial charge on any atom is -0.772 e. The van der Waals surface area contributed by atoms with Crippen LogP contribution in [0.3, 0.4) is 0 Å². The molecule has 0 bridgehead atoms. The first-order chi connectivity index (χ1) is 5.59. The summed E-state index contributed by atoms with van der Waals surface area (Å²) < 4.78 is 33.0. The zero-order valence-electron chi connectivity index (χ0n) is 5.92. The van der Waals surface area contributed by atoms with Gasteiger partial charge in [0.05, 0.1) is 5.02 Å². The van der Waals surface area contributed by atoms with Gasteiger partial charge in [0.15, 0.2) is 0 Å². The molecule has 1 unspecified atom stereocenters. The van der Waals surface area contributed by atoms with Crippen LogP contribution in [0.15, 0.2) is 18.2 Å². The maximum Gasteiger partial charge on any atom is 0.141 e. The molecule has 1 rings (SSSR count). The van der Waals surface area contributed by atoms with E-state index >= 15 is 0 Å². The lowest BCUT2D eigenvalue weighted by Gasteiger charge is -2.04. The normalized spacial score (nSPS) is 12.9. The summed E-state index contributed by atoms with van der Waals surface area (Å²) >= 11 is 3.26.